The number of phenols is 2. The predicted molar refractivity (Wildman–Crippen MR) is 101 cm³/mol. The Morgan fingerprint density at radius 3 is 2.35 bits per heavy atom. The van der Waals surface area contributed by atoms with Crippen LogP contribution in [-0.4, -0.2) is 39.3 Å². The number of amides is 1. The second-order valence-corrected chi connectivity index (χ2v) is 6.99. The van der Waals surface area contributed by atoms with Gasteiger partial charge in [-0.05, 0) is 63.5 Å². The molecule has 132 valence electrons. The molecule has 1 amide bonds. The molecule has 0 bridgehead atoms. The van der Waals surface area contributed by atoms with Crippen LogP contribution in [0.5, 0.6) is 11.5 Å². The van der Waals surface area contributed by atoms with Crippen LogP contribution < -0.4 is 5.32 Å². The molecule has 0 spiro atoms. The zero-order chi connectivity index (χ0) is 18.3. The number of rotatable bonds is 3. The Labute approximate surface area is 158 Å². The summed E-state index contributed by atoms with van der Waals surface area (Å²) in [6.07, 6.45) is 0.522. The summed E-state index contributed by atoms with van der Waals surface area (Å²) in [4.78, 5) is 19.1. The van der Waals surface area contributed by atoms with Crippen molar-refractivity contribution in [2.45, 2.75) is 12.5 Å². The predicted octanol–water partition coefficient (Wildman–Crippen LogP) is 2.47. The van der Waals surface area contributed by atoms with E-state index < -0.39 is 0 Å². The Bertz CT molecular complexity index is 920. The third-order valence-electron chi connectivity index (χ3n) is 4.46. The maximum Gasteiger partial charge on any atom is 0.251 e. The molecule has 2 aromatic rings. The summed E-state index contributed by atoms with van der Waals surface area (Å²) in [5.41, 5.74) is 2.57. The third-order valence-corrected chi connectivity index (χ3v) is 5.01. The molecule has 1 unspecified atom stereocenters. The number of nitrogens with one attached hydrogen (secondary N) is 1. The minimum atomic E-state index is -0.378. The number of hydrogen-bond donors (Lipinski definition) is 3. The van der Waals surface area contributed by atoms with E-state index in [0.717, 1.165) is 16.8 Å². The van der Waals surface area contributed by atoms with E-state index in [-0.39, 0.29) is 23.4 Å². The number of benzene rings is 2. The number of carbonyl (C=O) groups is 1. The van der Waals surface area contributed by atoms with Gasteiger partial charge in [-0.3, -0.25) is 9.69 Å². The maximum atomic E-state index is 12.9. The second kappa shape index (κ2) is 6.49. The van der Waals surface area contributed by atoms with E-state index in [0.29, 0.717) is 23.4 Å². The highest BCUT2D eigenvalue weighted by Gasteiger charge is 2.39. The number of nitrogens with zero attached hydrogens (tertiary/aromatic N) is 2. The lowest BCUT2D eigenvalue weighted by Gasteiger charge is -2.23. The molecule has 2 aliphatic heterocycles. The van der Waals surface area contributed by atoms with Gasteiger partial charge in [-0.1, -0.05) is 12.1 Å². The molecule has 1 fully saturated rings. The zero-order valence-electron chi connectivity index (χ0n) is 13.7. The van der Waals surface area contributed by atoms with Gasteiger partial charge in [-0.2, -0.15) is 0 Å². The van der Waals surface area contributed by atoms with Gasteiger partial charge in [0.05, 0.1) is 12.3 Å². The van der Waals surface area contributed by atoms with Crippen LogP contribution in [0.2, 0.25) is 0 Å². The molecule has 0 saturated carbocycles. The molecule has 2 aliphatic rings. The van der Waals surface area contributed by atoms with E-state index >= 15 is 0 Å². The minimum absolute atomic E-state index is 0.0174. The van der Waals surface area contributed by atoms with Crippen LogP contribution in [0.25, 0.3) is 0 Å². The number of halogens is 1. The van der Waals surface area contributed by atoms with Gasteiger partial charge >= 0.3 is 0 Å². The van der Waals surface area contributed by atoms with Crippen LogP contribution in [0.4, 0.5) is 0 Å². The van der Waals surface area contributed by atoms with E-state index in [4.69, 9.17) is 0 Å². The van der Waals surface area contributed by atoms with Gasteiger partial charge in [-0.25, -0.2) is 4.99 Å². The van der Waals surface area contributed by atoms with Gasteiger partial charge in [0.2, 0.25) is 0 Å². The van der Waals surface area contributed by atoms with E-state index in [1.54, 1.807) is 41.3 Å². The molecule has 3 N–H and O–H groups in total. The number of carbonyl (C=O) groups excluding carboxylic acids is 1. The average Bonchev–Trinajstić information content (AvgIpc) is 2.94. The van der Waals surface area contributed by atoms with Crippen molar-refractivity contribution < 1.29 is 15.0 Å². The van der Waals surface area contributed by atoms with E-state index in [1.807, 2.05) is 12.1 Å². The van der Waals surface area contributed by atoms with Crippen molar-refractivity contribution in [3.8, 4) is 11.5 Å². The van der Waals surface area contributed by atoms with Gasteiger partial charge in [0, 0.05) is 6.42 Å². The summed E-state index contributed by atoms with van der Waals surface area (Å²) in [6.45, 7) is 0.368. The molecule has 1 atom stereocenters. The number of fused-ring (bicyclic) bond motifs is 1. The van der Waals surface area contributed by atoms with E-state index in [1.165, 1.54) is 0 Å². The van der Waals surface area contributed by atoms with Crippen molar-refractivity contribution in [1.82, 2.24) is 10.2 Å². The highest BCUT2D eigenvalue weighted by molar-refractivity contribution is 9.11. The lowest BCUT2D eigenvalue weighted by molar-refractivity contribution is -0.127. The van der Waals surface area contributed by atoms with Gasteiger partial charge in [0.25, 0.3) is 5.91 Å². The Balaban J connectivity index is 1.55. The molecular formula is C19H16BrN3O3. The monoisotopic (exact) mass is 413 g/mol. The highest BCUT2D eigenvalue weighted by Crippen LogP contribution is 2.29. The SMILES string of the molecule is O=C1C(Cc2ccc(O)cc2)NC2=C(Br)N=C(c3ccc(O)cc3)CN12. The topological polar surface area (TPSA) is 85.2 Å². The molecule has 1 saturated heterocycles. The Kier molecular flexibility index (Phi) is 4.16. The molecule has 26 heavy (non-hydrogen) atoms. The van der Waals surface area contributed by atoms with Gasteiger partial charge in [0.1, 0.15) is 28.0 Å². The number of aromatic hydroxyl groups is 2. The fraction of sp³-hybridized carbons (Fsp3) is 0.158. The van der Waals surface area contributed by atoms with Crippen LogP contribution in [0.15, 0.2) is 64.0 Å². The van der Waals surface area contributed by atoms with Crippen molar-refractivity contribution in [3.05, 3.63) is 70.1 Å². The van der Waals surface area contributed by atoms with Crippen LogP contribution in [0.1, 0.15) is 11.1 Å². The van der Waals surface area contributed by atoms with E-state index in [9.17, 15) is 15.0 Å². The molecule has 2 heterocycles. The first-order valence-corrected chi connectivity index (χ1v) is 8.93. The third kappa shape index (κ3) is 3.06. The zero-order valence-corrected chi connectivity index (χ0v) is 15.3. The second-order valence-electron chi connectivity index (χ2n) is 6.24. The van der Waals surface area contributed by atoms with Gasteiger partial charge < -0.3 is 15.5 Å². The van der Waals surface area contributed by atoms with Crippen molar-refractivity contribution in [2.24, 2.45) is 4.99 Å². The summed E-state index contributed by atoms with van der Waals surface area (Å²) < 4.78 is 0.577. The first-order chi connectivity index (χ1) is 12.5. The van der Waals surface area contributed by atoms with Crippen LogP contribution in [0, 0.1) is 0 Å². The number of phenolic OH excluding ortho intramolecular Hbond substituents is 2. The molecule has 4 rings (SSSR count). The molecule has 0 radical (unpaired) electrons. The number of hydrogen-bond acceptors (Lipinski definition) is 5. The smallest absolute Gasteiger partial charge is 0.251 e. The first kappa shape index (κ1) is 16.7. The fourth-order valence-corrected chi connectivity index (χ4v) is 3.65. The fourth-order valence-electron chi connectivity index (χ4n) is 3.10. The van der Waals surface area contributed by atoms with Crippen LogP contribution in [-0.2, 0) is 11.2 Å². The minimum Gasteiger partial charge on any atom is -0.508 e. The Morgan fingerprint density at radius 2 is 1.69 bits per heavy atom. The summed E-state index contributed by atoms with van der Waals surface area (Å²) in [5, 5.41) is 22.1. The van der Waals surface area contributed by atoms with Crippen molar-refractivity contribution >= 4 is 27.5 Å². The normalized spacial score (nSPS) is 19.3. The van der Waals surface area contributed by atoms with E-state index in [2.05, 4.69) is 26.2 Å². The summed E-state index contributed by atoms with van der Waals surface area (Å²) >= 11 is 3.45. The molecular weight excluding hydrogens is 398 g/mol. The molecule has 6 nitrogen and oxygen atoms in total. The van der Waals surface area contributed by atoms with Crippen molar-refractivity contribution in [2.75, 3.05) is 6.54 Å². The maximum absolute atomic E-state index is 12.9. The molecule has 0 aliphatic carbocycles. The van der Waals surface area contributed by atoms with Crippen LogP contribution in [0.3, 0.4) is 0 Å². The lowest BCUT2D eigenvalue weighted by Crippen LogP contribution is -2.36. The standard InChI is InChI=1S/C19H16BrN3O3/c20-17-18-22-15(9-11-1-5-13(24)6-2-11)19(26)23(18)10-16(21-17)12-3-7-14(25)8-4-12/h1-8,15,22,24-25H,9-10H2. The summed E-state index contributed by atoms with van der Waals surface area (Å²) in [6, 6.07) is 13.2. The average molecular weight is 414 g/mol. The van der Waals surface area contributed by atoms with Gasteiger partial charge in [0.15, 0.2) is 0 Å². The van der Waals surface area contributed by atoms with Crippen molar-refractivity contribution in [1.29, 1.82) is 0 Å². The first-order valence-electron chi connectivity index (χ1n) is 8.14. The van der Waals surface area contributed by atoms with Crippen molar-refractivity contribution in [3.63, 3.8) is 0 Å². The lowest BCUT2D eigenvalue weighted by atomic mass is 10.1. The molecule has 0 aromatic heterocycles. The Hall–Kier alpha value is -2.80. The van der Waals surface area contributed by atoms with Crippen LogP contribution >= 0.6 is 15.9 Å². The molecule has 7 heteroatoms. The highest BCUT2D eigenvalue weighted by atomic mass is 79.9. The Morgan fingerprint density at radius 1 is 1.08 bits per heavy atom. The quantitative estimate of drug-likeness (QED) is 0.674. The number of aliphatic imine (C=N–C) groups is 1. The summed E-state index contributed by atoms with van der Waals surface area (Å²) in [5.74, 6) is 1.04. The summed E-state index contributed by atoms with van der Waals surface area (Å²) in [7, 11) is 0. The largest absolute Gasteiger partial charge is 0.508 e. The van der Waals surface area contributed by atoms with Gasteiger partial charge in [-0.15, -0.1) is 0 Å². The molecule has 2 aromatic carbocycles.